The van der Waals surface area contributed by atoms with E-state index in [0.29, 0.717) is 30.1 Å². The Labute approximate surface area is 261 Å². The fourth-order valence-corrected chi connectivity index (χ4v) is 12.5. The third kappa shape index (κ3) is 4.69. The van der Waals surface area contributed by atoms with Gasteiger partial charge < -0.3 is 20.3 Å². The molecule has 1 unspecified atom stereocenters. The first-order chi connectivity index (χ1) is 20.0. The Morgan fingerprint density at radius 1 is 0.907 bits per heavy atom. The van der Waals surface area contributed by atoms with Gasteiger partial charge in [-0.15, -0.1) is 0 Å². The van der Waals surface area contributed by atoms with E-state index in [4.69, 9.17) is 15.2 Å². The summed E-state index contributed by atoms with van der Waals surface area (Å²) in [6, 6.07) is 0. The summed E-state index contributed by atoms with van der Waals surface area (Å²) in [6.45, 7) is 22.4. The molecule has 11 atom stereocenters. The molecule has 5 aliphatic rings. The lowest BCUT2D eigenvalue weighted by Crippen LogP contribution is -2.67. The molecule has 0 aromatic rings. The van der Waals surface area contributed by atoms with Crippen LogP contribution in [0.5, 0.6) is 0 Å². The summed E-state index contributed by atoms with van der Waals surface area (Å²) >= 11 is 0. The van der Waals surface area contributed by atoms with E-state index in [2.05, 4.69) is 48.1 Å². The van der Waals surface area contributed by atoms with Gasteiger partial charge in [0, 0.05) is 12.3 Å². The van der Waals surface area contributed by atoms with Gasteiger partial charge in [-0.3, -0.25) is 9.59 Å². The van der Waals surface area contributed by atoms with Crippen molar-refractivity contribution in [3.63, 3.8) is 0 Å². The Hall–Kier alpha value is -1.40. The molecule has 5 aliphatic carbocycles. The highest BCUT2D eigenvalue weighted by atomic mass is 16.5. The minimum atomic E-state index is -0.890. The molecule has 0 saturated heterocycles. The van der Waals surface area contributed by atoms with Crippen molar-refractivity contribution in [2.75, 3.05) is 13.2 Å². The summed E-state index contributed by atoms with van der Waals surface area (Å²) in [7, 11) is 0. The highest BCUT2D eigenvalue weighted by molar-refractivity contribution is 5.78. The predicted molar refractivity (Wildman–Crippen MR) is 170 cm³/mol. The van der Waals surface area contributed by atoms with Gasteiger partial charge in [-0.05, 0) is 123 Å². The van der Waals surface area contributed by atoms with E-state index in [9.17, 15) is 14.7 Å². The number of esters is 2. The van der Waals surface area contributed by atoms with E-state index in [1.165, 1.54) is 18.4 Å². The SMILES string of the molecule is C=C(C)[C@@H]1CC[C@]2(C(=O)OCC(N)(CC)CO)CC[C@]3(C)[C@H](CC[C@@H]4[C@@]5(C)CC[C@H](OC(C)=O)C(C)(C)[C@@H]5CC[C@]43C)[C@@H]12. The first-order valence-corrected chi connectivity index (χ1v) is 17.4. The summed E-state index contributed by atoms with van der Waals surface area (Å²) in [5, 5.41) is 9.87. The van der Waals surface area contributed by atoms with Gasteiger partial charge in [0.1, 0.15) is 12.7 Å². The number of allylic oxidation sites excluding steroid dienone is 1. The summed E-state index contributed by atoms with van der Waals surface area (Å²) in [6.07, 6.45) is 11.0. The van der Waals surface area contributed by atoms with Crippen LogP contribution in [0.1, 0.15) is 126 Å². The average molecular weight is 600 g/mol. The van der Waals surface area contributed by atoms with E-state index in [1.807, 2.05) is 6.92 Å². The van der Waals surface area contributed by atoms with Gasteiger partial charge in [-0.1, -0.05) is 53.7 Å². The minimum absolute atomic E-state index is 0.0127. The quantitative estimate of drug-likeness (QED) is 0.237. The van der Waals surface area contributed by atoms with Crippen LogP contribution in [-0.2, 0) is 19.1 Å². The van der Waals surface area contributed by atoms with Crippen molar-refractivity contribution in [1.82, 2.24) is 0 Å². The number of hydrogen-bond donors (Lipinski definition) is 2. The minimum Gasteiger partial charge on any atom is -0.463 e. The molecule has 5 rings (SSSR count). The van der Waals surface area contributed by atoms with Crippen LogP contribution in [0.2, 0.25) is 0 Å². The number of carbonyl (C=O) groups is 2. The lowest BCUT2D eigenvalue weighted by atomic mass is 9.32. The number of rotatable bonds is 7. The van der Waals surface area contributed by atoms with Gasteiger partial charge in [-0.25, -0.2) is 0 Å². The summed E-state index contributed by atoms with van der Waals surface area (Å²) in [4.78, 5) is 26.2. The van der Waals surface area contributed by atoms with E-state index >= 15 is 0 Å². The second-order valence-corrected chi connectivity index (χ2v) is 17.3. The second kappa shape index (κ2) is 10.9. The molecule has 244 valence electrons. The zero-order valence-electron chi connectivity index (χ0n) is 28.5. The Morgan fingerprint density at radius 2 is 1.60 bits per heavy atom. The van der Waals surface area contributed by atoms with Gasteiger partial charge in [0.05, 0.1) is 17.6 Å². The standard InChI is InChI=1S/C37H61NO5/c1-10-36(38,21-39)22-42-31(41)37-18-13-25(23(2)3)30(37)26-11-12-28-33(7)16-15-29(43-24(4)40)32(5,6)27(33)14-17-35(28,9)34(26,8)19-20-37/h25-30,39H,2,10-22,38H2,1,3-9H3/t25-,26+,27-,28+,29-,30+,33-,34+,35+,36?,37-/m0/s1. The van der Waals surface area contributed by atoms with Gasteiger partial charge in [0.15, 0.2) is 0 Å². The number of aliphatic hydroxyl groups excluding tert-OH is 1. The van der Waals surface area contributed by atoms with Crippen molar-refractivity contribution in [2.24, 2.45) is 62.4 Å². The lowest BCUT2D eigenvalue weighted by Gasteiger charge is -2.72. The Balaban J connectivity index is 1.47. The van der Waals surface area contributed by atoms with E-state index in [-0.39, 0.29) is 58.8 Å². The van der Waals surface area contributed by atoms with Crippen molar-refractivity contribution < 1.29 is 24.2 Å². The van der Waals surface area contributed by atoms with Crippen molar-refractivity contribution in [2.45, 2.75) is 138 Å². The van der Waals surface area contributed by atoms with Crippen LogP contribution in [0.25, 0.3) is 0 Å². The average Bonchev–Trinajstić information content (AvgIpc) is 3.35. The molecule has 5 saturated carbocycles. The van der Waals surface area contributed by atoms with Gasteiger partial charge in [0.2, 0.25) is 0 Å². The third-order valence-electron chi connectivity index (χ3n) is 15.2. The first kappa shape index (κ1) is 33.0. The molecule has 3 N–H and O–H groups in total. The van der Waals surface area contributed by atoms with Crippen molar-refractivity contribution in [1.29, 1.82) is 0 Å². The Bertz CT molecular complexity index is 1130. The Morgan fingerprint density at radius 3 is 2.21 bits per heavy atom. The molecular formula is C37H61NO5. The molecular weight excluding hydrogens is 538 g/mol. The highest BCUT2D eigenvalue weighted by Gasteiger charge is 2.72. The molecule has 0 amide bonds. The summed E-state index contributed by atoms with van der Waals surface area (Å²) in [5.74, 6) is 1.88. The maximum absolute atomic E-state index is 14.2. The maximum Gasteiger partial charge on any atom is 0.312 e. The normalized spacial score (nSPS) is 46.3. The molecule has 0 aromatic carbocycles. The predicted octanol–water partition coefficient (Wildman–Crippen LogP) is 7.22. The smallest absolute Gasteiger partial charge is 0.312 e. The zero-order chi connectivity index (χ0) is 31.8. The number of nitrogens with two attached hydrogens (primary N) is 1. The lowest BCUT2D eigenvalue weighted by molar-refractivity contribution is -0.250. The summed E-state index contributed by atoms with van der Waals surface area (Å²) < 4.78 is 12.0. The van der Waals surface area contributed by atoms with Gasteiger partial charge in [-0.2, -0.15) is 0 Å². The number of aliphatic hydroxyl groups is 1. The zero-order valence-corrected chi connectivity index (χ0v) is 28.5. The van der Waals surface area contributed by atoms with Crippen LogP contribution < -0.4 is 5.73 Å². The van der Waals surface area contributed by atoms with E-state index in [0.717, 1.165) is 51.4 Å². The van der Waals surface area contributed by atoms with Crippen LogP contribution in [0, 0.1) is 56.7 Å². The van der Waals surface area contributed by atoms with E-state index < -0.39 is 11.0 Å². The van der Waals surface area contributed by atoms with Crippen LogP contribution >= 0.6 is 0 Å². The monoisotopic (exact) mass is 599 g/mol. The van der Waals surface area contributed by atoms with Crippen LogP contribution in [0.4, 0.5) is 0 Å². The molecule has 0 heterocycles. The Kier molecular flexibility index (Phi) is 8.32. The molecule has 5 fully saturated rings. The molecule has 6 nitrogen and oxygen atoms in total. The molecule has 0 spiro atoms. The topological polar surface area (TPSA) is 98.8 Å². The molecule has 0 aliphatic heterocycles. The van der Waals surface area contributed by atoms with Crippen LogP contribution in [0.3, 0.4) is 0 Å². The molecule has 0 radical (unpaired) electrons. The molecule has 0 bridgehead atoms. The molecule has 43 heavy (non-hydrogen) atoms. The van der Waals surface area contributed by atoms with Crippen LogP contribution in [-0.4, -0.2) is 41.9 Å². The third-order valence-corrected chi connectivity index (χ3v) is 15.2. The van der Waals surface area contributed by atoms with Gasteiger partial charge in [0.25, 0.3) is 0 Å². The fraction of sp³-hybridized carbons (Fsp3) is 0.892. The number of carbonyl (C=O) groups excluding carboxylic acids is 2. The molecule has 0 aromatic heterocycles. The number of ether oxygens (including phenoxy) is 2. The van der Waals surface area contributed by atoms with Crippen molar-refractivity contribution in [3.8, 4) is 0 Å². The number of fused-ring (bicyclic) bond motifs is 7. The fourth-order valence-electron chi connectivity index (χ4n) is 12.5. The van der Waals surface area contributed by atoms with Crippen molar-refractivity contribution in [3.05, 3.63) is 12.2 Å². The summed E-state index contributed by atoms with van der Waals surface area (Å²) in [5.41, 5.74) is 6.62. The molecule has 6 heteroatoms. The van der Waals surface area contributed by atoms with Gasteiger partial charge >= 0.3 is 11.9 Å². The number of hydrogen-bond acceptors (Lipinski definition) is 6. The largest absolute Gasteiger partial charge is 0.463 e. The van der Waals surface area contributed by atoms with E-state index in [1.54, 1.807) is 6.92 Å². The van der Waals surface area contributed by atoms with Crippen molar-refractivity contribution >= 4 is 11.9 Å². The maximum atomic E-state index is 14.2. The van der Waals surface area contributed by atoms with Crippen LogP contribution in [0.15, 0.2) is 12.2 Å². The second-order valence-electron chi connectivity index (χ2n) is 17.3. The first-order valence-electron chi connectivity index (χ1n) is 17.4. The highest BCUT2D eigenvalue weighted by Crippen LogP contribution is 2.77.